The molecule has 8 heteroatoms. The number of halogens is 1. The second kappa shape index (κ2) is 10.7. The number of hydrogen-bond acceptors (Lipinski definition) is 6. The quantitative estimate of drug-likeness (QED) is 0.336. The highest BCUT2D eigenvalue weighted by molar-refractivity contribution is 6.32. The van der Waals surface area contributed by atoms with Crippen molar-refractivity contribution >= 4 is 29.5 Å². The molecule has 4 aromatic rings. The van der Waals surface area contributed by atoms with Crippen LogP contribution in [0.5, 0.6) is 11.5 Å². The molecule has 0 aliphatic rings. The zero-order valence-corrected chi connectivity index (χ0v) is 19.5. The highest BCUT2D eigenvalue weighted by atomic mass is 35.5. The van der Waals surface area contributed by atoms with Crippen LogP contribution < -0.4 is 14.8 Å². The highest BCUT2D eigenvalue weighted by Gasteiger charge is 2.16. The van der Waals surface area contributed by atoms with E-state index in [1.165, 1.54) is 10.8 Å². The Hall–Kier alpha value is -4.10. The van der Waals surface area contributed by atoms with Crippen LogP contribution in [-0.4, -0.2) is 34.9 Å². The van der Waals surface area contributed by atoms with Crippen molar-refractivity contribution in [3.63, 3.8) is 0 Å². The van der Waals surface area contributed by atoms with Crippen LogP contribution in [0.3, 0.4) is 0 Å². The molecule has 172 valence electrons. The van der Waals surface area contributed by atoms with Gasteiger partial charge in [0.15, 0.2) is 5.82 Å². The molecule has 0 radical (unpaired) electrons. The number of methoxy groups -OCH3 is 2. The van der Waals surface area contributed by atoms with E-state index in [2.05, 4.69) is 15.4 Å². The van der Waals surface area contributed by atoms with E-state index >= 15 is 0 Å². The summed E-state index contributed by atoms with van der Waals surface area (Å²) in [7, 11) is 3.23. The molecule has 1 heterocycles. The van der Waals surface area contributed by atoms with E-state index in [-0.39, 0.29) is 5.91 Å². The fourth-order valence-corrected chi connectivity index (χ4v) is 3.41. The van der Waals surface area contributed by atoms with Crippen LogP contribution in [0, 0.1) is 0 Å². The minimum absolute atomic E-state index is 0.329. The average molecular weight is 475 g/mol. The minimum atomic E-state index is -0.357. The predicted octanol–water partition coefficient (Wildman–Crippen LogP) is 5.58. The summed E-state index contributed by atoms with van der Waals surface area (Å²) in [6.45, 7) is 0.451. The molecule has 0 saturated heterocycles. The van der Waals surface area contributed by atoms with Crippen LogP contribution in [0.25, 0.3) is 17.5 Å². The van der Waals surface area contributed by atoms with Gasteiger partial charge in [-0.1, -0.05) is 41.9 Å². The van der Waals surface area contributed by atoms with Gasteiger partial charge in [0, 0.05) is 23.2 Å². The molecule has 3 aromatic carbocycles. The lowest BCUT2D eigenvalue weighted by atomic mass is 10.2. The number of anilines is 1. The number of benzene rings is 3. The lowest BCUT2D eigenvalue weighted by molar-refractivity contribution is 0.0957. The van der Waals surface area contributed by atoms with E-state index in [1.807, 2.05) is 66.7 Å². The number of ether oxygens (including phenoxy) is 2. The molecule has 0 spiro atoms. The third kappa shape index (κ3) is 5.44. The summed E-state index contributed by atoms with van der Waals surface area (Å²) in [5.74, 6) is 1.88. The van der Waals surface area contributed by atoms with Gasteiger partial charge >= 0.3 is 0 Å². The normalized spacial score (nSPS) is 10.9. The maximum atomic E-state index is 13.0. The first-order valence-corrected chi connectivity index (χ1v) is 10.9. The van der Waals surface area contributed by atoms with Crippen molar-refractivity contribution in [3.05, 3.63) is 95.0 Å². The van der Waals surface area contributed by atoms with Gasteiger partial charge in [0.25, 0.3) is 5.91 Å². The Kier molecular flexibility index (Phi) is 7.25. The van der Waals surface area contributed by atoms with Crippen molar-refractivity contribution in [2.75, 3.05) is 19.5 Å². The van der Waals surface area contributed by atoms with E-state index in [4.69, 9.17) is 21.1 Å². The molecule has 7 nitrogen and oxygen atoms in total. The van der Waals surface area contributed by atoms with Crippen LogP contribution in [-0.2, 0) is 6.54 Å². The van der Waals surface area contributed by atoms with Crippen molar-refractivity contribution in [1.82, 2.24) is 14.8 Å². The number of rotatable bonds is 8. The average Bonchev–Trinajstić information content (AvgIpc) is 3.31. The molecule has 0 aliphatic heterocycles. The maximum Gasteiger partial charge on any atom is 0.274 e. The van der Waals surface area contributed by atoms with Gasteiger partial charge in [-0.2, -0.15) is 9.67 Å². The zero-order valence-electron chi connectivity index (χ0n) is 18.7. The highest BCUT2D eigenvalue weighted by Crippen LogP contribution is 2.22. The van der Waals surface area contributed by atoms with Gasteiger partial charge in [0.1, 0.15) is 11.5 Å². The fourth-order valence-electron chi connectivity index (χ4n) is 3.21. The Bertz CT molecular complexity index is 1300. The van der Waals surface area contributed by atoms with E-state index in [1.54, 1.807) is 26.4 Å². The number of allylic oxidation sites excluding steroid dienone is 1. The first-order valence-electron chi connectivity index (χ1n) is 10.5. The topological polar surface area (TPSA) is 78.3 Å². The third-order valence-electron chi connectivity index (χ3n) is 5.08. The number of nitrogens with one attached hydrogen (secondary N) is 1. The lowest BCUT2D eigenvalue weighted by Gasteiger charge is -2.07. The number of hydrogen-bond donors (Lipinski definition) is 1. The van der Waals surface area contributed by atoms with E-state index in [0.717, 1.165) is 28.2 Å². The maximum absolute atomic E-state index is 13.0. The molecule has 0 fully saturated rings. The smallest absolute Gasteiger partial charge is 0.274 e. The summed E-state index contributed by atoms with van der Waals surface area (Å²) in [6, 6.07) is 22.3. The van der Waals surface area contributed by atoms with Gasteiger partial charge in [-0.15, -0.1) is 5.10 Å². The Morgan fingerprint density at radius 3 is 2.26 bits per heavy atom. The Morgan fingerprint density at radius 1 is 0.971 bits per heavy atom. The summed E-state index contributed by atoms with van der Waals surface area (Å²) in [5, 5.41) is 8.23. The molecule has 0 saturated carbocycles. The molecule has 1 N–H and O–H groups in total. The first kappa shape index (κ1) is 23.1. The molecule has 0 unspecified atom stereocenters. The molecule has 0 bridgehead atoms. The van der Waals surface area contributed by atoms with E-state index < -0.39 is 0 Å². The molecular formula is C26H23ClN4O3. The lowest BCUT2D eigenvalue weighted by Crippen LogP contribution is -2.14. The summed E-state index contributed by atoms with van der Waals surface area (Å²) in [4.78, 5) is 17.6. The summed E-state index contributed by atoms with van der Waals surface area (Å²) in [5.41, 5.74) is 2.50. The third-order valence-corrected chi connectivity index (χ3v) is 5.43. The molecule has 0 atom stereocenters. The van der Waals surface area contributed by atoms with E-state index in [9.17, 15) is 4.79 Å². The second-order valence-corrected chi connectivity index (χ2v) is 7.70. The van der Waals surface area contributed by atoms with Crippen molar-refractivity contribution in [2.45, 2.75) is 6.54 Å². The summed E-state index contributed by atoms with van der Waals surface area (Å²) >= 11 is 6.20. The molecule has 0 amide bonds. The van der Waals surface area contributed by atoms with E-state index in [0.29, 0.717) is 23.3 Å². The van der Waals surface area contributed by atoms with Crippen LogP contribution in [0.2, 0.25) is 5.02 Å². The van der Waals surface area contributed by atoms with Gasteiger partial charge in [-0.3, -0.25) is 4.79 Å². The van der Waals surface area contributed by atoms with Gasteiger partial charge in [-0.25, -0.2) is 0 Å². The number of aromatic nitrogens is 3. The predicted molar refractivity (Wildman–Crippen MR) is 133 cm³/mol. The zero-order chi connectivity index (χ0) is 23.9. The van der Waals surface area contributed by atoms with Crippen molar-refractivity contribution in [1.29, 1.82) is 0 Å². The Labute approximate surface area is 202 Å². The van der Waals surface area contributed by atoms with Crippen LogP contribution >= 0.6 is 11.6 Å². The van der Waals surface area contributed by atoms with Gasteiger partial charge in [-0.05, 0) is 59.7 Å². The molecule has 1 aromatic heterocycles. The van der Waals surface area contributed by atoms with Crippen LogP contribution in [0.1, 0.15) is 15.9 Å². The second-order valence-electron chi connectivity index (χ2n) is 7.29. The van der Waals surface area contributed by atoms with Crippen molar-refractivity contribution in [2.24, 2.45) is 0 Å². The Balaban J connectivity index is 1.62. The van der Waals surface area contributed by atoms with Crippen LogP contribution in [0.15, 0.2) is 78.9 Å². The minimum Gasteiger partial charge on any atom is -0.497 e. The van der Waals surface area contributed by atoms with Crippen molar-refractivity contribution < 1.29 is 14.3 Å². The monoisotopic (exact) mass is 474 g/mol. The van der Waals surface area contributed by atoms with Gasteiger partial charge in [0.2, 0.25) is 5.95 Å². The summed E-state index contributed by atoms with van der Waals surface area (Å²) < 4.78 is 11.7. The number of nitrogens with zero attached hydrogens (tertiary/aromatic N) is 3. The van der Waals surface area contributed by atoms with Crippen molar-refractivity contribution in [3.8, 4) is 22.9 Å². The summed E-state index contributed by atoms with van der Waals surface area (Å²) in [6.07, 6.45) is 3.08. The number of carbonyl (C=O) groups is 1. The molecule has 34 heavy (non-hydrogen) atoms. The molecule has 4 rings (SSSR count). The standard InChI is InChI=1S/C26H23ClN4O3/c1-33-21-12-7-18(8-13-21)17-28-26-29-25(20-9-14-22(34-2)15-10-20)30-31(26)24(32)16-11-19-5-3-4-6-23(19)27/h3-16H,17H2,1-2H3,(H,28,29,30). The van der Waals surface area contributed by atoms with Crippen LogP contribution in [0.4, 0.5) is 5.95 Å². The van der Waals surface area contributed by atoms with Gasteiger partial charge < -0.3 is 14.8 Å². The molecular weight excluding hydrogens is 452 g/mol. The van der Waals surface area contributed by atoms with Gasteiger partial charge in [0.05, 0.1) is 14.2 Å². The SMILES string of the molecule is COc1ccc(CNc2nc(-c3ccc(OC)cc3)nn2C(=O)C=Cc2ccccc2Cl)cc1. The number of carbonyl (C=O) groups excluding carboxylic acids is 1. The Morgan fingerprint density at radius 2 is 1.62 bits per heavy atom. The fraction of sp³-hybridized carbons (Fsp3) is 0.115. The molecule has 0 aliphatic carbocycles. The first-order chi connectivity index (χ1) is 16.6. The largest absolute Gasteiger partial charge is 0.497 e.